The van der Waals surface area contributed by atoms with Crippen LogP contribution in [0.5, 0.6) is 0 Å². The van der Waals surface area contributed by atoms with Gasteiger partial charge in [0, 0.05) is 55.7 Å². The molecule has 2 aliphatic heterocycles. The minimum atomic E-state index is -1.74. The van der Waals surface area contributed by atoms with Crippen molar-refractivity contribution in [1.82, 2.24) is 20.3 Å². The summed E-state index contributed by atoms with van der Waals surface area (Å²) >= 11 is 7.99. The van der Waals surface area contributed by atoms with Crippen molar-refractivity contribution in [3.8, 4) is 0 Å². The molecule has 2 aliphatic rings. The number of carbonyl (C=O) groups excluding carboxylic acids is 1. The van der Waals surface area contributed by atoms with E-state index in [-0.39, 0.29) is 19.4 Å². The summed E-state index contributed by atoms with van der Waals surface area (Å²) < 4.78 is 5.41. The number of aliphatic hydroxyl groups is 2. The number of alkyl carbamates (subject to hydrolysis) is 1. The molecule has 2 aromatic heterocycles. The molecule has 41 heavy (non-hydrogen) atoms. The summed E-state index contributed by atoms with van der Waals surface area (Å²) in [6.07, 6.45) is 4.29. The van der Waals surface area contributed by atoms with E-state index in [2.05, 4.69) is 25.2 Å². The zero-order valence-electron chi connectivity index (χ0n) is 23.7. The van der Waals surface area contributed by atoms with Gasteiger partial charge in [0.2, 0.25) is 0 Å². The van der Waals surface area contributed by atoms with Crippen LogP contribution in [0.25, 0.3) is 0 Å². The number of carboxylic acids is 1. The van der Waals surface area contributed by atoms with Crippen LogP contribution < -0.4 is 15.1 Å². The highest BCUT2D eigenvalue weighted by atomic mass is 35.5. The summed E-state index contributed by atoms with van der Waals surface area (Å²) in [5.41, 5.74) is -2.29. The zero-order chi connectivity index (χ0) is 30.0. The number of hydrogen-bond acceptors (Lipinski definition) is 11. The molecule has 2 saturated heterocycles. The molecule has 0 radical (unpaired) electrons. The van der Waals surface area contributed by atoms with Crippen molar-refractivity contribution < 1.29 is 29.6 Å². The van der Waals surface area contributed by atoms with Crippen molar-refractivity contribution in [1.29, 1.82) is 0 Å². The number of carbonyl (C=O) groups is 2. The van der Waals surface area contributed by atoms with Crippen LogP contribution in [-0.2, 0) is 16.1 Å². The Bertz CT molecular complexity index is 1280. The number of ether oxygens (including phenoxy) is 1. The van der Waals surface area contributed by atoms with Crippen molar-refractivity contribution in [2.45, 2.75) is 86.6 Å². The fraction of sp³-hybridized carbons (Fsp3) is 0.593. The summed E-state index contributed by atoms with van der Waals surface area (Å²) in [6, 6.07) is 1.76. The summed E-state index contributed by atoms with van der Waals surface area (Å²) in [4.78, 5) is 41.9. The third kappa shape index (κ3) is 7.51. The van der Waals surface area contributed by atoms with Crippen molar-refractivity contribution >= 4 is 47.1 Å². The summed E-state index contributed by atoms with van der Waals surface area (Å²) in [5, 5.41) is 33.6. The second-order valence-electron chi connectivity index (χ2n) is 11.7. The summed E-state index contributed by atoms with van der Waals surface area (Å²) in [7, 11) is 0. The third-order valence-corrected chi connectivity index (χ3v) is 8.71. The first-order valence-electron chi connectivity index (χ1n) is 13.5. The number of nitrogens with one attached hydrogen (secondary N) is 1. The maximum Gasteiger partial charge on any atom is 0.408 e. The van der Waals surface area contributed by atoms with Gasteiger partial charge in [-0.3, -0.25) is 0 Å². The Kier molecular flexibility index (Phi) is 9.22. The number of piperidine rings is 2. The molecular weight excluding hydrogens is 572 g/mol. The van der Waals surface area contributed by atoms with Gasteiger partial charge in [-0.2, -0.15) is 0 Å². The summed E-state index contributed by atoms with van der Waals surface area (Å²) in [5.74, 6) is -0.123. The lowest BCUT2D eigenvalue weighted by atomic mass is 9.89. The van der Waals surface area contributed by atoms with Crippen LogP contribution in [0.3, 0.4) is 0 Å². The maximum absolute atomic E-state index is 12.3. The van der Waals surface area contributed by atoms with E-state index in [4.69, 9.17) is 16.3 Å². The number of pyridine rings is 1. The van der Waals surface area contributed by atoms with Gasteiger partial charge in [-0.25, -0.2) is 24.5 Å². The lowest BCUT2D eigenvalue weighted by Crippen LogP contribution is -2.54. The van der Waals surface area contributed by atoms with Crippen LogP contribution >= 0.6 is 23.4 Å². The number of aromatic nitrogens is 3. The Labute approximate surface area is 248 Å². The van der Waals surface area contributed by atoms with Gasteiger partial charge in [-0.05, 0) is 46.6 Å². The first kappa shape index (κ1) is 31.1. The van der Waals surface area contributed by atoms with Crippen LogP contribution in [0.15, 0.2) is 28.4 Å². The maximum atomic E-state index is 12.3. The standard InChI is InChI=1S/C27H37ClN6O6S/c1-25(2,3)40-24(38)32-26(4)6-11-33(12-7-26)21-17(16-35)31-19(15-30-21)41-18-5-10-29-22(20(18)28)34-13-8-27(39,9-14-34)23(36)37/h5,10,15,35,39H,6-9,11-14,16H2,1-4H3,(H,32,38)(H,36,37). The van der Waals surface area contributed by atoms with Crippen LogP contribution in [0.4, 0.5) is 16.4 Å². The van der Waals surface area contributed by atoms with Crippen molar-refractivity contribution in [3.63, 3.8) is 0 Å². The molecule has 0 aliphatic carbocycles. The molecular formula is C27H37ClN6O6S. The van der Waals surface area contributed by atoms with E-state index in [1.807, 2.05) is 32.6 Å². The SMILES string of the molecule is CC1(NC(=O)OC(C)(C)C)CCN(c2ncc(Sc3ccnc(N4CCC(O)(C(=O)O)CC4)c3Cl)nc2CO)CC1. The highest BCUT2D eigenvalue weighted by Gasteiger charge is 2.40. The van der Waals surface area contributed by atoms with Gasteiger partial charge in [0.1, 0.15) is 22.1 Å². The fourth-order valence-corrected chi connectivity index (χ4v) is 5.98. The van der Waals surface area contributed by atoms with Crippen LogP contribution in [0.2, 0.25) is 5.02 Å². The van der Waals surface area contributed by atoms with E-state index in [0.29, 0.717) is 71.3 Å². The molecule has 4 N–H and O–H groups in total. The molecule has 0 atom stereocenters. The number of nitrogens with zero attached hydrogens (tertiary/aromatic N) is 5. The Morgan fingerprint density at radius 2 is 1.71 bits per heavy atom. The molecule has 224 valence electrons. The van der Waals surface area contributed by atoms with Gasteiger partial charge in [0.25, 0.3) is 0 Å². The smallest absolute Gasteiger partial charge is 0.408 e. The molecule has 0 spiro atoms. The van der Waals surface area contributed by atoms with Gasteiger partial charge >= 0.3 is 12.1 Å². The molecule has 12 nitrogen and oxygen atoms in total. The molecule has 14 heteroatoms. The fourth-order valence-electron chi connectivity index (χ4n) is 4.84. The topological polar surface area (TPSA) is 161 Å². The first-order chi connectivity index (χ1) is 19.2. The molecule has 0 saturated carbocycles. The normalized spacial score (nSPS) is 18.6. The second-order valence-corrected chi connectivity index (χ2v) is 13.1. The van der Waals surface area contributed by atoms with Gasteiger partial charge < -0.3 is 35.2 Å². The Morgan fingerprint density at radius 1 is 1.10 bits per heavy atom. The third-order valence-electron chi connectivity index (χ3n) is 7.26. The Hall–Kier alpha value is -2.87. The highest BCUT2D eigenvalue weighted by molar-refractivity contribution is 7.99. The lowest BCUT2D eigenvalue weighted by molar-refractivity contribution is -0.160. The van der Waals surface area contributed by atoms with Crippen LogP contribution in [0.1, 0.15) is 59.1 Å². The summed E-state index contributed by atoms with van der Waals surface area (Å²) in [6.45, 7) is 9.02. The van der Waals surface area contributed by atoms with E-state index in [1.165, 1.54) is 11.8 Å². The minimum Gasteiger partial charge on any atom is -0.479 e. The average molecular weight is 609 g/mol. The van der Waals surface area contributed by atoms with E-state index >= 15 is 0 Å². The number of anilines is 2. The van der Waals surface area contributed by atoms with Crippen molar-refractivity contribution in [3.05, 3.63) is 29.2 Å². The Balaban J connectivity index is 1.42. The second kappa shape index (κ2) is 12.2. The number of rotatable bonds is 7. The van der Waals surface area contributed by atoms with E-state index in [9.17, 15) is 24.9 Å². The lowest BCUT2D eigenvalue weighted by Gasteiger charge is -2.40. The molecule has 0 bridgehead atoms. The van der Waals surface area contributed by atoms with Crippen LogP contribution in [-0.4, -0.2) is 85.3 Å². The monoisotopic (exact) mass is 608 g/mol. The number of aliphatic hydroxyl groups excluding tert-OH is 1. The number of amides is 1. The molecule has 4 rings (SSSR count). The molecule has 4 heterocycles. The highest BCUT2D eigenvalue weighted by Crippen LogP contribution is 2.39. The van der Waals surface area contributed by atoms with E-state index in [1.54, 1.807) is 18.5 Å². The van der Waals surface area contributed by atoms with Gasteiger partial charge in [0.15, 0.2) is 11.4 Å². The average Bonchev–Trinajstić information content (AvgIpc) is 2.89. The molecule has 0 unspecified atom stereocenters. The quantitative estimate of drug-likeness (QED) is 0.363. The van der Waals surface area contributed by atoms with Crippen molar-refractivity contribution in [2.75, 3.05) is 36.0 Å². The molecule has 2 aromatic rings. The molecule has 1 amide bonds. The predicted octanol–water partition coefficient (Wildman–Crippen LogP) is 3.47. The van der Waals surface area contributed by atoms with Crippen LogP contribution in [0, 0.1) is 0 Å². The first-order valence-corrected chi connectivity index (χ1v) is 14.7. The zero-order valence-corrected chi connectivity index (χ0v) is 25.3. The molecule has 0 aromatic carbocycles. The number of aliphatic carboxylic acids is 1. The van der Waals surface area contributed by atoms with Crippen molar-refractivity contribution in [2.24, 2.45) is 0 Å². The van der Waals surface area contributed by atoms with E-state index in [0.717, 1.165) is 0 Å². The van der Waals surface area contributed by atoms with Gasteiger partial charge in [-0.15, -0.1) is 0 Å². The number of carboxylic acid groups (broad SMARTS) is 1. The van der Waals surface area contributed by atoms with Gasteiger partial charge in [0.05, 0.1) is 17.8 Å². The predicted molar refractivity (Wildman–Crippen MR) is 155 cm³/mol. The number of hydrogen-bond donors (Lipinski definition) is 4. The van der Waals surface area contributed by atoms with Gasteiger partial charge in [-0.1, -0.05) is 23.4 Å². The Morgan fingerprint density at radius 3 is 2.29 bits per heavy atom. The minimum absolute atomic E-state index is 0.0667. The number of halogens is 1. The largest absolute Gasteiger partial charge is 0.479 e. The molecule has 2 fully saturated rings. The van der Waals surface area contributed by atoms with E-state index < -0.39 is 28.8 Å².